The number of nitrogens with zero attached hydrogens (tertiary/aromatic N) is 2. The highest BCUT2D eigenvalue weighted by atomic mass is 15.3. The van der Waals surface area contributed by atoms with Gasteiger partial charge >= 0.3 is 0 Å². The fourth-order valence-electron chi connectivity index (χ4n) is 2.55. The smallest absolute Gasteiger partial charge is 0.0690 e. The minimum absolute atomic E-state index is 0.205. The summed E-state index contributed by atoms with van der Waals surface area (Å²) in [6, 6.07) is 0.689. The van der Waals surface area contributed by atoms with E-state index in [9.17, 15) is 0 Å². The minimum atomic E-state index is 0.205. The maximum absolute atomic E-state index is 4.85. The molecule has 1 aromatic rings. The lowest BCUT2D eigenvalue weighted by atomic mass is 9.83. The van der Waals surface area contributed by atoms with Crippen LogP contribution in [-0.2, 0) is 5.41 Å². The first kappa shape index (κ1) is 11.7. The Morgan fingerprint density at radius 3 is 2.12 bits per heavy atom. The molecule has 0 N–H and O–H groups in total. The molecule has 0 aromatic carbocycles. The second-order valence-electron chi connectivity index (χ2n) is 6.43. The van der Waals surface area contributed by atoms with E-state index in [0.717, 1.165) is 0 Å². The van der Waals surface area contributed by atoms with E-state index in [4.69, 9.17) is 5.10 Å². The highest BCUT2D eigenvalue weighted by Gasteiger charge is 2.32. The van der Waals surface area contributed by atoms with Crippen LogP contribution in [0.2, 0.25) is 0 Å². The van der Waals surface area contributed by atoms with Gasteiger partial charge in [-0.3, -0.25) is 4.68 Å². The zero-order chi connectivity index (χ0) is 12.1. The first-order valence-electron chi connectivity index (χ1n) is 6.42. The summed E-state index contributed by atoms with van der Waals surface area (Å²) in [6.45, 7) is 13.6. The summed E-state index contributed by atoms with van der Waals surface area (Å²) in [4.78, 5) is 0. The molecular formula is C14H24N2. The van der Waals surface area contributed by atoms with Crippen LogP contribution in [0.5, 0.6) is 0 Å². The summed E-state index contributed by atoms with van der Waals surface area (Å²) in [5.41, 5.74) is 4.36. The monoisotopic (exact) mass is 220 g/mol. The molecule has 0 spiro atoms. The maximum atomic E-state index is 4.85. The quantitative estimate of drug-likeness (QED) is 0.738. The van der Waals surface area contributed by atoms with E-state index in [-0.39, 0.29) is 5.41 Å². The Bertz CT molecular complexity index is 390. The second-order valence-corrected chi connectivity index (χ2v) is 6.43. The van der Waals surface area contributed by atoms with Gasteiger partial charge in [0, 0.05) is 11.3 Å². The normalized spacial score (nSPS) is 17.2. The lowest BCUT2D eigenvalue weighted by molar-refractivity contribution is 0.570. The van der Waals surface area contributed by atoms with Crippen molar-refractivity contribution in [3.05, 3.63) is 17.0 Å². The number of hydrogen-bond donors (Lipinski definition) is 0. The fraction of sp³-hybridized carbons (Fsp3) is 0.786. The molecule has 16 heavy (non-hydrogen) atoms. The molecule has 1 saturated carbocycles. The van der Waals surface area contributed by atoms with Crippen LogP contribution >= 0.6 is 0 Å². The Morgan fingerprint density at radius 2 is 1.81 bits per heavy atom. The van der Waals surface area contributed by atoms with Crippen molar-refractivity contribution in [2.45, 2.75) is 71.8 Å². The summed E-state index contributed by atoms with van der Waals surface area (Å²) in [6.07, 6.45) is 2.62. The number of hydrogen-bond acceptors (Lipinski definition) is 1. The Hall–Kier alpha value is -0.790. The molecule has 0 bridgehead atoms. The third-order valence-electron chi connectivity index (χ3n) is 3.37. The highest BCUT2D eigenvalue weighted by molar-refractivity contribution is 5.34. The molecule has 1 heterocycles. The van der Waals surface area contributed by atoms with E-state index in [1.807, 2.05) is 0 Å². The van der Waals surface area contributed by atoms with Gasteiger partial charge in [-0.25, -0.2) is 0 Å². The van der Waals surface area contributed by atoms with Crippen LogP contribution < -0.4 is 0 Å². The molecule has 0 atom stereocenters. The molecule has 1 aromatic heterocycles. The Balaban J connectivity index is 2.54. The van der Waals surface area contributed by atoms with E-state index in [1.54, 1.807) is 0 Å². The molecule has 0 saturated heterocycles. The van der Waals surface area contributed by atoms with Crippen molar-refractivity contribution in [2.24, 2.45) is 0 Å². The molecule has 90 valence electrons. The van der Waals surface area contributed by atoms with Crippen molar-refractivity contribution in [1.29, 1.82) is 0 Å². The minimum Gasteiger partial charge on any atom is -0.266 e. The molecule has 2 heteroatoms. The molecule has 2 nitrogen and oxygen atoms in total. The maximum Gasteiger partial charge on any atom is 0.0690 e. The third-order valence-corrected chi connectivity index (χ3v) is 3.37. The summed E-state index contributed by atoms with van der Waals surface area (Å²) in [7, 11) is 0. The lowest BCUT2D eigenvalue weighted by Crippen LogP contribution is -2.15. The first-order chi connectivity index (χ1) is 7.32. The average Bonchev–Trinajstić information content (AvgIpc) is 2.87. The van der Waals surface area contributed by atoms with Crippen molar-refractivity contribution >= 4 is 0 Å². The average molecular weight is 220 g/mol. The van der Waals surface area contributed by atoms with Gasteiger partial charge in [0.25, 0.3) is 0 Å². The van der Waals surface area contributed by atoms with E-state index in [2.05, 4.69) is 46.2 Å². The highest BCUT2D eigenvalue weighted by Crippen LogP contribution is 2.40. The molecular weight excluding hydrogens is 196 g/mol. The summed E-state index contributed by atoms with van der Waals surface area (Å²) < 4.78 is 2.27. The Morgan fingerprint density at radius 1 is 1.25 bits per heavy atom. The lowest BCUT2D eigenvalue weighted by Gasteiger charge is -2.21. The number of rotatable bonds is 2. The van der Waals surface area contributed by atoms with Crippen LogP contribution in [-0.4, -0.2) is 9.78 Å². The van der Waals surface area contributed by atoms with Gasteiger partial charge in [-0.15, -0.1) is 0 Å². The third kappa shape index (κ3) is 1.90. The Kier molecular flexibility index (Phi) is 2.64. The molecule has 0 aliphatic heterocycles. The van der Waals surface area contributed by atoms with Gasteiger partial charge in [-0.05, 0) is 31.1 Å². The van der Waals surface area contributed by atoms with Crippen LogP contribution in [0.3, 0.4) is 0 Å². The van der Waals surface area contributed by atoms with E-state index >= 15 is 0 Å². The topological polar surface area (TPSA) is 17.8 Å². The molecule has 0 unspecified atom stereocenters. The zero-order valence-corrected chi connectivity index (χ0v) is 11.5. The van der Waals surface area contributed by atoms with Crippen molar-refractivity contribution in [3.63, 3.8) is 0 Å². The predicted molar refractivity (Wildman–Crippen MR) is 68.0 cm³/mol. The Labute approximate surface area is 99.0 Å². The van der Waals surface area contributed by atoms with Crippen LogP contribution in [0, 0.1) is 6.92 Å². The van der Waals surface area contributed by atoms with Gasteiger partial charge in [0.05, 0.1) is 11.7 Å². The summed E-state index contributed by atoms with van der Waals surface area (Å²) >= 11 is 0. The predicted octanol–water partition coefficient (Wildman–Crippen LogP) is 3.95. The van der Waals surface area contributed by atoms with Crippen molar-refractivity contribution in [2.75, 3.05) is 0 Å². The van der Waals surface area contributed by atoms with Crippen LogP contribution in [0.15, 0.2) is 0 Å². The van der Waals surface area contributed by atoms with Crippen LogP contribution in [0.25, 0.3) is 0 Å². The van der Waals surface area contributed by atoms with Crippen LogP contribution in [0.4, 0.5) is 0 Å². The first-order valence-corrected chi connectivity index (χ1v) is 6.42. The van der Waals surface area contributed by atoms with Crippen LogP contribution in [0.1, 0.15) is 76.4 Å². The molecule has 0 amide bonds. The number of aromatic nitrogens is 2. The molecule has 0 radical (unpaired) electrons. The largest absolute Gasteiger partial charge is 0.266 e. The standard InChI is InChI=1S/C14H24N2/c1-9(2)13-12(14(4,5)6)10(3)16(15-13)11-7-8-11/h9,11H,7-8H2,1-6H3. The van der Waals surface area contributed by atoms with E-state index < -0.39 is 0 Å². The SMILES string of the molecule is Cc1c(C(C)(C)C)c(C(C)C)nn1C1CC1. The van der Waals surface area contributed by atoms with Gasteiger partial charge in [0.2, 0.25) is 0 Å². The molecule has 1 aliphatic carbocycles. The van der Waals surface area contributed by atoms with E-state index in [0.29, 0.717) is 12.0 Å². The van der Waals surface area contributed by atoms with Gasteiger partial charge in [-0.1, -0.05) is 34.6 Å². The molecule has 1 fully saturated rings. The molecule has 1 aliphatic rings. The van der Waals surface area contributed by atoms with Crippen molar-refractivity contribution in [3.8, 4) is 0 Å². The zero-order valence-electron chi connectivity index (χ0n) is 11.5. The molecule has 2 rings (SSSR count). The van der Waals surface area contributed by atoms with Gasteiger partial charge in [-0.2, -0.15) is 5.10 Å². The fourth-order valence-corrected chi connectivity index (χ4v) is 2.55. The van der Waals surface area contributed by atoms with Crippen molar-refractivity contribution in [1.82, 2.24) is 9.78 Å². The van der Waals surface area contributed by atoms with Gasteiger partial charge < -0.3 is 0 Å². The van der Waals surface area contributed by atoms with Gasteiger partial charge in [0.15, 0.2) is 0 Å². The van der Waals surface area contributed by atoms with Gasteiger partial charge in [0.1, 0.15) is 0 Å². The summed E-state index contributed by atoms with van der Waals surface area (Å²) in [5, 5.41) is 4.85. The summed E-state index contributed by atoms with van der Waals surface area (Å²) in [5.74, 6) is 0.521. The van der Waals surface area contributed by atoms with Crippen molar-refractivity contribution < 1.29 is 0 Å². The van der Waals surface area contributed by atoms with E-state index in [1.165, 1.54) is 29.8 Å². The second kappa shape index (κ2) is 3.61.